The number of anilines is 1. The minimum absolute atomic E-state index is 0.00660. The second-order valence-corrected chi connectivity index (χ2v) is 5.90. The van der Waals surface area contributed by atoms with Crippen molar-refractivity contribution in [3.8, 4) is 17.6 Å². The number of esters is 1. The van der Waals surface area contributed by atoms with Crippen LogP contribution in [0.2, 0.25) is 0 Å². The molecule has 0 radical (unpaired) electrons. The summed E-state index contributed by atoms with van der Waals surface area (Å²) >= 11 is 0. The van der Waals surface area contributed by atoms with E-state index >= 15 is 4.39 Å². The van der Waals surface area contributed by atoms with E-state index in [2.05, 4.69) is 5.32 Å². The molecule has 148 valence electrons. The van der Waals surface area contributed by atoms with Crippen LogP contribution in [0.5, 0.6) is 11.5 Å². The number of carbonyl (C=O) groups excluding carboxylic acids is 1. The third kappa shape index (κ3) is 5.13. The number of nitrogens with one attached hydrogen (secondary N) is 1. The van der Waals surface area contributed by atoms with E-state index in [9.17, 15) is 4.79 Å². The molecule has 7 heteroatoms. The Morgan fingerprint density at radius 1 is 1.25 bits per heavy atom. The minimum Gasteiger partial charge on any atom is -0.497 e. The Balaban J connectivity index is 2.46. The predicted molar refractivity (Wildman–Crippen MR) is 103 cm³/mol. The molecule has 0 amide bonds. The number of rotatable bonds is 9. The molecule has 0 aliphatic carbocycles. The van der Waals surface area contributed by atoms with Crippen molar-refractivity contribution in [2.45, 2.75) is 26.3 Å². The Hall–Kier alpha value is -3.27. The van der Waals surface area contributed by atoms with Gasteiger partial charge in [0.1, 0.15) is 5.75 Å². The molecule has 0 aromatic heterocycles. The number of benzene rings is 2. The topological polar surface area (TPSA) is 80.6 Å². The first-order chi connectivity index (χ1) is 13.5. The third-order valence-corrected chi connectivity index (χ3v) is 3.90. The first kappa shape index (κ1) is 21.0. The van der Waals surface area contributed by atoms with Crippen LogP contribution >= 0.6 is 0 Å². The number of nitrogens with zero attached hydrogens (tertiary/aromatic N) is 1. The molecule has 0 bridgehead atoms. The van der Waals surface area contributed by atoms with E-state index in [0.29, 0.717) is 30.0 Å². The number of methoxy groups -OCH3 is 1. The van der Waals surface area contributed by atoms with Crippen molar-refractivity contribution in [1.29, 1.82) is 5.26 Å². The summed E-state index contributed by atoms with van der Waals surface area (Å²) in [5.74, 6) is -0.931. The van der Waals surface area contributed by atoms with E-state index in [-0.39, 0.29) is 17.9 Å². The summed E-state index contributed by atoms with van der Waals surface area (Å²) in [5.41, 5.74) is 1.06. The first-order valence-corrected chi connectivity index (χ1v) is 8.97. The number of hydrogen-bond acceptors (Lipinski definition) is 6. The lowest BCUT2D eigenvalue weighted by atomic mass is 10.0. The van der Waals surface area contributed by atoms with Gasteiger partial charge in [0.05, 0.1) is 32.0 Å². The van der Waals surface area contributed by atoms with E-state index < -0.39 is 17.8 Å². The molecule has 2 rings (SSSR count). The Labute approximate surface area is 163 Å². The monoisotopic (exact) mass is 386 g/mol. The van der Waals surface area contributed by atoms with E-state index in [1.54, 1.807) is 31.2 Å². The Kier molecular flexibility index (Phi) is 7.64. The molecule has 2 aromatic rings. The summed E-state index contributed by atoms with van der Waals surface area (Å²) in [4.78, 5) is 12.6. The third-order valence-electron chi connectivity index (χ3n) is 3.90. The van der Waals surface area contributed by atoms with Gasteiger partial charge in [-0.25, -0.2) is 9.18 Å². The van der Waals surface area contributed by atoms with Crippen LogP contribution in [0.1, 0.15) is 37.4 Å². The quantitative estimate of drug-likeness (QED) is 0.650. The fourth-order valence-corrected chi connectivity index (χ4v) is 2.53. The lowest BCUT2D eigenvalue weighted by molar-refractivity contribution is -0.144. The van der Waals surface area contributed by atoms with Crippen molar-refractivity contribution >= 4 is 11.7 Å². The average molecular weight is 386 g/mol. The first-order valence-electron chi connectivity index (χ1n) is 8.97. The lowest BCUT2D eigenvalue weighted by Crippen LogP contribution is -2.24. The number of halogens is 1. The van der Waals surface area contributed by atoms with E-state index in [0.717, 1.165) is 0 Å². The molecule has 0 fully saturated rings. The van der Waals surface area contributed by atoms with Crippen LogP contribution in [0.4, 0.5) is 10.1 Å². The Bertz CT molecular complexity index is 847. The molecule has 0 aliphatic heterocycles. The van der Waals surface area contributed by atoms with Crippen LogP contribution in [0.3, 0.4) is 0 Å². The van der Waals surface area contributed by atoms with Crippen molar-refractivity contribution < 1.29 is 23.4 Å². The van der Waals surface area contributed by atoms with Gasteiger partial charge >= 0.3 is 5.97 Å². The molecular weight excluding hydrogens is 363 g/mol. The molecule has 0 saturated heterocycles. The number of hydrogen-bond donors (Lipinski definition) is 1. The van der Waals surface area contributed by atoms with Gasteiger partial charge in [-0.05, 0) is 43.7 Å². The number of ether oxygens (including phenoxy) is 3. The summed E-state index contributed by atoms with van der Waals surface area (Å²) in [7, 11) is 1.45. The van der Waals surface area contributed by atoms with Crippen LogP contribution in [0.25, 0.3) is 0 Å². The molecule has 1 N–H and O–H groups in total. The lowest BCUT2D eigenvalue weighted by Gasteiger charge is -2.21. The van der Waals surface area contributed by atoms with Gasteiger partial charge in [-0.2, -0.15) is 5.26 Å². The van der Waals surface area contributed by atoms with Crippen molar-refractivity contribution in [3.05, 3.63) is 53.3 Å². The zero-order chi connectivity index (χ0) is 20.5. The highest BCUT2D eigenvalue weighted by atomic mass is 19.1. The SMILES string of the molecule is CCCOc1cc(OC)cc(C(Nc2ccc(C#N)cc2)C(=O)OCC)c1F. The van der Waals surface area contributed by atoms with Crippen molar-refractivity contribution in [1.82, 2.24) is 0 Å². The standard InChI is InChI=1S/C21H23FN2O4/c1-4-10-28-18-12-16(26-3)11-17(19(18)22)20(21(25)27-5-2)24-15-8-6-14(13-23)7-9-15/h6-9,11-12,20,24H,4-5,10H2,1-3H3. The maximum Gasteiger partial charge on any atom is 0.333 e. The van der Waals surface area contributed by atoms with Gasteiger partial charge in [0, 0.05) is 17.3 Å². The second-order valence-electron chi connectivity index (χ2n) is 5.90. The van der Waals surface area contributed by atoms with Gasteiger partial charge in [0.25, 0.3) is 0 Å². The van der Waals surface area contributed by atoms with Crippen LogP contribution < -0.4 is 14.8 Å². The molecule has 1 unspecified atom stereocenters. The molecule has 0 saturated carbocycles. The Morgan fingerprint density at radius 3 is 2.54 bits per heavy atom. The molecule has 0 heterocycles. The van der Waals surface area contributed by atoms with Crippen LogP contribution in [0, 0.1) is 17.1 Å². The predicted octanol–water partition coefficient (Wildman–Crippen LogP) is 4.21. The number of nitriles is 1. The minimum atomic E-state index is -1.12. The van der Waals surface area contributed by atoms with Gasteiger partial charge in [-0.3, -0.25) is 0 Å². The van der Waals surface area contributed by atoms with Crippen LogP contribution in [0.15, 0.2) is 36.4 Å². The molecule has 6 nitrogen and oxygen atoms in total. The van der Waals surface area contributed by atoms with E-state index in [1.165, 1.54) is 19.2 Å². The summed E-state index contributed by atoms with van der Waals surface area (Å²) < 4.78 is 30.9. The van der Waals surface area contributed by atoms with Crippen molar-refractivity contribution in [3.63, 3.8) is 0 Å². The molecule has 0 aliphatic rings. The molecule has 28 heavy (non-hydrogen) atoms. The molecule has 1 atom stereocenters. The zero-order valence-electron chi connectivity index (χ0n) is 16.1. The van der Waals surface area contributed by atoms with Gasteiger partial charge in [-0.15, -0.1) is 0 Å². The highest BCUT2D eigenvalue weighted by Crippen LogP contribution is 2.33. The van der Waals surface area contributed by atoms with Gasteiger partial charge in [0.2, 0.25) is 0 Å². The van der Waals surface area contributed by atoms with Gasteiger partial charge < -0.3 is 19.5 Å². The number of carbonyl (C=O) groups is 1. The summed E-state index contributed by atoms with van der Waals surface area (Å²) in [6.07, 6.45) is 0.705. The van der Waals surface area contributed by atoms with Crippen molar-refractivity contribution in [2.75, 3.05) is 25.6 Å². The largest absolute Gasteiger partial charge is 0.497 e. The van der Waals surface area contributed by atoms with Crippen LogP contribution in [-0.4, -0.2) is 26.3 Å². The summed E-state index contributed by atoms with van der Waals surface area (Å²) in [5, 5.41) is 11.9. The fraction of sp³-hybridized carbons (Fsp3) is 0.333. The zero-order valence-corrected chi connectivity index (χ0v) is 16.1. The maximum atomic E-state index is 15.1. The second kappa shape index (κ2) is 10.2. The van der Waals surface area contributed by atoms with Crippen LogP contribution in [-0.2, 0) is 9.53 Å². The van der Waals surface area contributed by atoms with Gasteiger partial charge in [0.15, 0.2) is 17.6 Å². The summed E-state index contributed by atoms with van der Waals surface area (Å²) in [6, 6.07) is 10.3. The fourth-order valence-electron chi connectivity index (χ4n) is 2.53. The highest BCUT2D eigenvalue weighted by Gasteiger charge is 2.28. The average Bonchev–Trinajstić information content (AvgIpc) is 2.72. The van der Waals surface area contributed by atoms with E-state index in [1.807, 2.05) is 13.0 Å². The normalized spacial score (nSPS) is 11.2. The Morgan fingerprint density at radius 2 is 1.96 bits per heavy atom. The molecule has 2 aromatic carbocycles. The van der Waals surface area contributed by atoms with E-state index in [4.69, 9.17) is 19.5 Å². The highest BCUT2D eigenvalue weighted by molar-refractivity contribution is 5.81. The maximum absolute atomic E-state index is 15.1. The molecule has 0 spiro atoms. The van der Waals surface area contributed by atoms with Gasteiger partial charge in [-0.1, -0.05) is 6.92 Å². The summed E-state index contributed by atoms with van der Waals surface area (Å²) in [6.45, 7) is 4.06. The molecular formula is C21H23FN2O4. The van der Waals surface area contributed by atoms with Crippen molar-refractivity contribution in [2.24, 2.45) is 0 Å². The smallest absolute Gasteiger partial charge is 0.333 e.